The number of benzene rings is 3. The Hall–Kier alpha value is -3.87. The van der Waals surface area contributed by atoms with Crippen molar-refractivity contribution in [2.45, 2.75) is 19.1 Å². The summed E-state index contributed by atoms with van der Waals surface area (Å²) < 4.78 is 9.92. The highest BCUT2D eigenvalue weighted by atomic mass is 16.5. The first kappa shape index (κ1) is 21.8. The molecule has 0 bridgehead atoms. The Kier molecular flexibility index (Phi) is 7.59. The number of ether oxygens (including phenoxy) is 2. The lowest BCUT2D eigenvalue weighted by Crippen LogP contribution is -2.47. The van der Waals surface area contributed by atoms with E-state index in [1.807, 2.05) is 72.8 Å². The summed E-state index contributed by atoms with van der Waals surface area (Å²) in [6.45, 7) is -0.225. The molecule has 0 aliphatic heterocycles. The molecule has 0 saturated carbocycles. The molecule has 0 saturated heterocycles. The average Bonchev–Trinajstić information content (AvgIpc) is 2.81. The molecule has 0 aliphatic carbocycles. The summed E-state index contributed by atoms with van der Waals surface area (Å²) in [4.78, 5) is 36.4. The van der Waals surface area contributed by atoms with Crippen molar-refractivity contribution in [3.05, 3.63) is 83.9 Å². The number of carbonyl (C=O) groups excluding carboxylic acids is 3. The highest BCUT2D eigenvalue weighted by Gasteiger charge is 2.23. The van der Waals surface area contributed by atoms with Crippen molar-refractivity contribution >= 4 is 28.7 Å². The van der Waals surface area contributed by atoms with Crippen LogP contribution in [0.2, 0.25) is 0 Å². The molecule has 0 radical (unpaired) electrons. The summed E-state index contributed by atoms with van der Waals surface area (Å²) in [5.74, 6) is -1.08. The first-order valence-corrected chi connectivity index (χ1v) is 9.85. The lowest BCUT2D eigenvalue weighted by atomic mass is 9.98. The van der Waals surface area contributed by atoms with Gasteiger partial charge in [-0.05, 0) is 21.9 Å². The predicted octanol–water partition coefficient (Wildman–Crippen LogP) is 2.97. The number of carbonyl (C=O) groups is 3. The number of esters is 1. The third-order valence-electron chi connectivity index (χ3n) is 4.73. The largest absolute Gasteiger partial charge is 0.467 e. The van der Waals surface area contributed by atoms with Gasteiger partial charge in [-0.2, -0.15) is 0 Å². The molecule has 2 amide bonds. The zero-order valence-electron chi connectivity index (χ0n) is 17.2. The fourth-order valence-corrected chi connectivity index (χ4v) is 3.20. The van der Waals surface area contributed by atoms with E-state index in [-0.39, 0.29) is 19.6 Å². The molecule has 160 valence electrons. The van der Waals surface area contributed by atoms with E-state index in [2.05, 4.69) is 10.6 Å². The van der Waals surface area contributed by atoms with Crippen molar-refractivity contribution < 1.29 is 23.9 Å². The summed E-state index contributed by atoms with van der Waals surface area (Å²) in [5.41, 5.74) is 1.74. The number of nitrogens with one attached hydrogen (secondary N) is 2. The van der Waals surface area contributed by atoms with Crippen LogP contribution in [0.15, 0.2) is 72.8 Å². The second-order valence-electron chi connectivity index (χ2n) is 6.90. The van der Waals surface area contributed by atoms with Crippen LogP contribution in [-0.4, -0.2) is 37.7 Å². The summed E-state index contributed by atoms with van der Waals surface area (Å²) >= 11 is 0. The number of methoxy groups -OCH3 is 1. The fourth-order valence-electron chi connectivity index (χ4n) is 3.20. The number of hydrogen-bond acceptors (Lipinski definition) is 5. The van der Waals surface area contributed by atoms with Gasteiger partial charge in [-0.15, -0.1) is 0 Å². The van der Waals surface area contributed by atoms with Crippen molar-refractivity contribution in [2.75, 3.05) is 13.7 Å². The lowest BCUT2D eigenvalue weighted by molar-refractivity contribution is -0.144. The Bertz CT molecular complexity index is 1050. The maximum absolute atomic E-state index is 12.3. The maximum atomic E-state index is 12.3. The Balaban J connectivity index is 1.56. The summed E-state index contributed by atoms with van der Waals surface area (Å²) in [6.07, 6.45) is -0.458. The van der Waals surface area contributed by atoms with Gasteiger partial charge in [0.2, 0.25) is 5.91 Å². The molecule has 3 aromatic carbocycles. The number of amides is 2. The molecule has 0 unspecified atom stereocenters. The summed E-state index contributed by atoms with van der Waals surface area (Å²) in [7, 11) is 1.27. The van der Waals surface area contributed by atoms with Gasteiger partial charge in [0.1, 0.15) is 19.2 Å². The first-order valence-electron chi connectivity index (χ1n) is 9.85. The van der Waals surface area contributed by atoms with Crippen molar-refractivity contribution in [2.24, 2.45) is 0 Å². The molecule has 3 aromatic rings. The van der Waals surface area contributed by atoms with Crippen LogP contribution in [-0.2, 0) is 32.1 Å². The third kappa shape index (κ3) is 6.30. The van der Waals surface area contributed by atoms with Gasteiger partial charge in [-0.1, -0.05) is 72.8 Å². The topological polar surface area (TPSA) is 93.7 Å². The van der Waals surface area contributed by atoms with E-state index in [1.54, 1.807) is 0 Å². The minimum atomic E-state index is -0.884. The number of hydrogen-bond donors (Lipinski definition) is 2. The van der Waals surface area contributed by atoms with Crippen molar-refractivity contribution in [3.63, 3.8) is 0 Å². The van der Waals surface area contributed by atoms with Crippen LogP contribution in [0.1, 0.15) is 11.1 Å². The molecule has 0 spiro atoms. The van der Waals surface area contributed by atoms with E-state index >= 15 is 0 Å². The molecule has 2 N–H and O–H groups in total. The van der Waals surface area contributed by atoms with Crippen LogP contribution in [0.25, 0.3) is 10.8 Å². The molecular weight excluding hydrogens is 396 g/mol. The Morgan fingerprint density at radius 1 is 0.903 bits per heavy atom. The number of fused-ring (bicyclic) bond motifs is 1. The molecule has 7 heteroatoms. The van der Waals surface area contributed by atoms with E-state index in [4.69, 9.17) is 9.47 Å². The van der Waals surface area contributed by atoms with Crippen LogP contribution in [0.5, 0.6) is 0 Å². The summed E-state index contributed by atoms with van der Waals surface area (Å²) in [5, 5.41) is 7.05. The van der Waals surface area contributed by atoms with Crippen LogP contribution < -0.4 is 10.6 Å². The minimum absolute atomic E-state index is 0.0974. The Labute approximate surface area is 180 Å². The quantitative estimate of drug-likeness (QED) is 0.547. The van der Waals surface area contributed by atoms with Crippen LogP contribution in [0.4, 0.5) is 4.79 Å². The van der Waals surface area contributed by atoms with Gasteiger partial charge in [0.25, 0.3) is 0 Å². The normalized spacial score (nSPS) is 11.4. The van der Waals surface area contributed by atoms with E-state index < -0.39 is 24.0 Å². The van der Waals surface area contributed by atoms with Crippen molar-refractivity contribution in [1.82, 2.24) is 10.6 Å². The average molecular weight is 420 g/mol. The minimum Gasteiger partial charge on any atom is -0.467 e. The second kappa shape index (κ2) is 10.8. The standard InChI is InChI=1S/C24H24N2O5/c1-30-23(28)21(14-19-12-7-11-18-10-5-6-13-20(18)19)26-22(27)15-25-24(29)31-16-17-8-3-2-4-9-17/h2-13,21H,14-16H2,1H3,(H,25,29)(H,26,27)/t21-/m0/s1. The summed E-state index contributed by atoms with van der Waals surface area (Å²) in [6, 6.07) is 21.9. The molecule has 0 aliphatic rings. The second-order valence-corrected chi connectivity index (χ2v) is 6.90. The molecule has 3 rings (SSSR count). The van der Waals surface area contributed by atoms with E-state index in [0.717, 1.165) is 21.9 Å². The third-order valence-corrected chi connectivity index (χ3v) is 4.73. The van der Waals surface area contributed by atoms with Crippen LogP contribution >= 0.6 is 0 Å². The molecule has 7 nitrogen and oxygen atoms in total. The molecule has 0 heterocycles. The maximum Gasteiger partial charge on any atom is 0.407 e. The fraction of sp³-hybridized carbons (Fsp3) is 0.208. The van der Waals surface area contributed by atoms with Gasteiger partial charge in [0.15, 0.2) is 0 Å². The highest BCUT2D eigenvalue weighted by Crippen LogP contribution is 2.20. The van der Waals surface area contributed by atoms with Gasteiger partial charge in [-0.25, -0.2) is 9.59 Å². The monoisotopic (exact) mass is 420 g/mol. The van der Waals surface area contributed by atoms with Crippen molar-refractivity contribution in [3.8, 4) is 0 Å². The SMILES string of the molecule is COC(=O)[C@H](Cc1cccc2ccccc12)NC(=O)CNC(=O)OCc1ccccc1. The van der Waals surface area contributed by atoms with Gasteiger partial charge in [-0.3, -0.25) is 4.79 Å². The van der Waals surface area contributed by atoms with Crippen molar-refractivity contribution in [1.29, 1.82) is 0 Å². The zero-order valence-corrected chi connectivity index (χ0v) is 17.2. The molecule has 0 fully saturated rings. The smallest absolute Gasteiger partial charge is 0.407 e. The molecule has 0 aromatic heterocycles. The first-order chi connectivity index (χ1) is 15.1. The van der Waals surface area contributed by atoms with Gasteiger partial charge in [0, 0.05) is 6.42 Å². The Morgan fingerprint density at radius 2 is 1.61 bits per heavy atom. The lowest BCUT2D eigenvalue weighted by Gasteiger charge is -2.18. The van der Waals surface area contributed by atoms with Crippen LogP contribution in [0, 0.1) is 0 Å². The molecule has 1 atom stereocenters. The number of alkyl carbamates (subject to hydrolysis) is 1. The number of rotatable bonds is 8. The highest BCUT2D eigenvalue weighted by molar-refractivity contribution is 5.89. The van der Waals surface area contributed by atoms with Gasteiger partial charge >= 0.3 is 12.1 Å². The van der Waals surface area contributed by atoms with E-state index in [9.17, 15) is 14.4 Å². The predicted molar refractivity (Wildman–Crippen MR) is 116 cm³/mol. The molecule has 31 heavy (non-hydrogen) atoms. The van der Waals surface area contributed by atoms with Gasteiger partial charge < -0.3 is 20.1 Å². The van der Waals surface area contributed by atoms with Gasteiger partial charge in [0.05, 0.1) is 7.11 Å². The van der Waals surface area contributed by atoms with E-state index in [1.165, 1.54) is 7.11 Å². The van der Waals surface area contributed by atoms with Crippen LogP contribution in [0.3, 0.4) is 0 Å². The zero-order chi connectivity index (χ0) is 22.1. The molecular formula is C24H24N2O5. The Morgan fingerprint density at radius 3 is 2.39 bits per heavy atom. The van der Waals surface area contributed by atoms with E-state index in [0.29, 0.717) is 0 Å².